The van der Waals surface area contributed by atoms with Crippen LogP contribution in [0.5, 0.6) is 5.75 Å². The SMILES string of the molecule is Cc1ccc(COc2cc3c(cc2C)C(CC=O)=CC3)c(C)c1. The number of rotatable bonds is 5. The predicted octanol–water partition coefficient (Wildman–Crippen LogP) is 4.72. The third-order valence-electron chi connectivity index (χ3n) is 4.50. The van der Waals surface area contributed by atoms with Crippen LogP contribution in [0.2, 0.25) is 0 Å². The maximum atomic E-state index is 10.8. The highest BCUT2D eigenvalue weighted by molar-refractivity contribution is 5.82. The third kappa shape index (κ3) is 3.21. The fourth-order valence-electron chi connectivity index (χ4n) is 3.14. The van der Waals surface area contributed by atoms with Crippen LogP contribution in [0.15, 0.2) is 36.4 Å². The molecule has 0 bridgehead atoms. The van der Waals surface area contributed by atoms with Crippen LogP contribution < -0.4 is 4.74 Å². The third-order valence-corrected chi connectivity index (χ3v) is 4.50. The number of carbonyl (C=O) groups is 1. The highest BCUT2D eigenvalue weighted by Gasteiger charge is 2.16. The van der Waals surface area contributed by atoms with E-state index in [1.54, 1.807) is 0 Å². The first kappa shape index (κ1) is 15.5. The van der Waals surface area contributed by atoms with Gasteiger partial charge in [-0.25, -0.2) is 0 Å². The summed E-state index contributed by atoms with van der Waals surface area (Å²) in [5, 5.41) is 0. The number of carbonyl (C=O) groups excluding carboxylic acids is 1. The van der Waals surface area contributed by atoms with Gasteiger partial charge in [-0.2, -0.15) is 0 Å². The molecule has 2 aromatic carbocycles. The van der Waals surface area contributed by atoms with E-state index >= 15 is 0 Å². The molecule has 0 fully saturated rings. The quantitative estimate of drug-likeness (QED) is 0.747. The topological polar surface area (TPSA) is 26.3 Å². The zero-order valence-electron chi connectivity index (χ0n) is 14.0. The number of hydrogen-bond donors (Lipinski definition) is 0. The van der Waals surface area contributed by atoms with Crippen LogP contribution in [0.25, 0.3) is 5.57 Å². The minimum Gasteiger partial charge on any atom is -0.489 e. The van der Waals surface area contributed by atoms with Gasteiger partial charge in [0.2, 0.25) is 0 Å². The summed E-state index contributed by atoms with van der Waals surface area (Å²) in [7, 11) is 0. The van der Waals surface area contributed by atoms with E-state index in [9.17, 15) is 4.79 Å². The highest BCUT2D eigenvalue weighted by Crippen LogP contribution is 2.34. The lowest BCUT2D eigenvalue weighted by atomic mass is 10.0. The maximum Gasteiger partial charge on any atom is 0.124 e. The average molecular weight is 306 g/mol. The fraction of sp³-hybridized carbons (Fsp3) is 0.286. The van der Waals surface area contributed by atoms with Crippen LogP contribution in [-0.2, 0) is 17.8 Å². The minimum atomic E-state index is 0.495. The number of fused-ring (bicyclic) bond motifs is 1. The maximum absolute atomic E-state index is 10.8. The molecule has 0 aromatic heterocycles. The molecule has 0 saturated heterocycles. The summed E-state index contributed by atoms with van der Waals surface area (Å²) in [6.45, 7) is 6.87. The fourth-order valence-corrected chi connectivity index (χ4v) is 3.14. The van der Waals surface area contributed by atoms with Gasteiger partial charge in [0.05, 0.1) is 0 Å². The van der Waals surface area contributed by atoms with Crippen molar-refractivity contribution in [3.63, 3.8) is 0 Å². The number of ether oxygens (including phenoxy) is 1. The Bertz CT molecular complexity index is 785. The zero-order valence-corrected chi connectivity index (χ0v) is 14.0. The first-order valence-corrected chi connectivity index (χ1v) is 8.04. The monoisotopic (exact) mass is 306 g/mol. The Balaban J connectivity index is 1.79. The van der Waals surface area contributed by atoms with Gasteiger partial charge in [0, 0.05) is 6.42 Å². The average Bonchev–Trinajstić information content (AvgIpc) is 2.89. The zero-order chi connectivity index (χ0) is 16.4. The molecule has 0 spiro atoms. The highest BCUT2D eigenvalue weighted by atomic mass is 16.5. The van der Waals surface area contributed by atoms with Crippen molar-refractivity contribution in [2.75, 3.05) is 0 Å². The second kappa shape index (κ2) is 6.41. The molecule has 118 valence electrons. The molecule has 2 heteroatoms. The van der Waals surface area contributed by atoms with Gasteiger partial charge in [0.1, 0.15) is 18.6 Å². The van der Waals surface area contributed by atoms with Crippen LogP contribution in [-0.4, -0.2) is 6.29 Å². The normalized spacial score (nSPS) is 12.7. The van der Waals surface area contributed by atoms with Crippen LogP contribution in [0.4, 0.5) is 0 Å². The molecule has 2 nitrogen and oxygen atoms in total. The minimum absolute atomic E-state index is 0.495. The molecule has 0 unspecified atom stereocenters. The Morgan fingerprint density at radius 2 is 1.91 bits per heavy atom. The second-order valence-corrected chi connectivity index (χ2v) is 6.30. The second-order valence-electron chi connectivity index (χ2n) is 6.30. The Kier molecular flexibility index (Phi) is 4.33. The number of aryl methyl sites for hydroxylation is 3. The van der Waals surface area contributed by atoms with Gasteiger partial charge in [-0.05, 0) is 72.7 Å². The molecule has 0 heterocycles. The van der Waals surface area contributed by atoms with Gasteiger partial charge in [0.25, 0.3) is 0 Å². The molecule has 3 rings (SSSR count). The van der Waals surface area contributed by atoms with Crippen molar-refractivity contribution in [2.45, 2.75) is 40.2 Å². The van der Waals surface area contributed by atoms with Crippen molar-refractivity contribution in [3.05, 3.63) is 69.8 Å². The molecule has 0 atom stereocenters. The molecular weight excluding hydrogens is 284 g/mol. The Labute approximate surface area is 137 Å². The predicted molar refractivity (Wildman–Crippen MR) is 93.8 cm³/mol. The summed E-state index contributed by atoms with van der Waals surface area (Å²) in [6, 6.07) is 10.7. The number of benzene rings is 2. The van der Waals surface area contributed by atoms with Crippen LogP contribution in [0, 0.1) is 20.8 Å². The van der Waals surface area contributed by atoms with Crippen molar-refractivity contribution >= 4 is 11.9 Å². The van der Waals surface area contributed by atoms with Gasteiger partial charge in [0.15, 0.2) is 0 Å². The van der Waals surface area contributed by atoms with E-state index in [2.05, 4.69) is 57.2 Å². The molecule has 0 N–H and O–H groups in total. The number of hydrogen-bond acceptors (Lipinski definition) is 2. The van der Waals surface area contributed by atoms with Gasteiger partial charge in [-0.1, -0.05) is 29.8 Å². The number of allylic oxidation sites excluding steroid dienone is 2. The summed E-state index contributed by atoms with van der Waals surface area (Å²) in [6.07, 6.45) is 4.50. The molecule has 0 radical (unpaired) electrons. The Morgan fingerprint density at radius 1 is 1.09 bits per heavy atom. The molecule has 1 aliphatic carbocycles. The molecular formula is C21H22O2. The molecule has 0 aliphatic heterocycles. The lowest BCUT2D eigenvalue weighted by Gasteiger charge is -2.14. The Hall–Kier alpha value is -2.35. The van der Waals surface area contributed by atoms with Crippen molar-refractivity contribution in [1.82, 2.24) is 0 Å². The number of aldehydes is 1. The van der Waals surface area contributed by atoms with E-state index in [1.807, 2.05) is 0 Å². The summed E-state index contributed by atoms with van der Waals surface area (Å²) in [5.41, 5.74) is 8.46. The van der Waals surface area contributed by atoms with Crippen molar-refractivity contribution in [3.8, 4) is 5.75 Å². The van der Waals surface area contributed by atoms with Crippen LogP contribution in [0.1, 0.15) is 39.8 Å². The first-order valence-electron chi connectivity index (χ1n) is 8.04. The van der Waals surface area contributed by atoms with Crippen molar-refractivity contribution < 1.29 is 9.53 Å². The van der Waals surface area contributed by atoms with E-state index < -0.39 is 0 Å². The first-order chi connectivity index (χ1) is 11.1. The van der Waals surface area contributed by atoms with E-state index in [0.717, 1.165) is 29.6 Å². The molecule has 1 aliphatic rings. The summed E-state index contributed by atoms with van der Waals surface area (Å²) in [4.78, 5) is 10.8. The van der Waals surface area contributed by atoms with Crippen molar-refractivity contribution in [2.24, 2.45) is 0 Å². The van der Waals surface area contributed by atoms with Gasteiger partial charge < -0.3 is 9.53 Å². The van der Waals surface area contributed by atoms with Crippen LogP contribution in [0.3, 0.4) is 0 Å². The smallest absolute Gasteiger partial charge is 0.124 e. The largest absolute Gasteiger partial charge is 0.489 e. The lowest BCUT2D eigenvalue weighted by Crippen LogP contribution is -2.01. The van der Waals surface area contributed by atoms with Gasteiger partial charge in [-0.3, -0.25) is 0 Å². The summed E-state index contributed by atoms with van der Waals surface area (Å²) in [5.74, 6) is 0.935. The molecule has 0 saturated carbocycles. The molecule has 23 heavy (non-hydrogen) atoms. The van der Waals surface area contributed by atoms with E-state index in [0.29, 0.717) is 13.0 Å². The van der Waals surface area contributed by atoms with Crippen LogP contribution >= 0.6 is 0 Å². The van der Waals surface area contributed by atoms with Gasteiger partial charge >= 0.3 is 0 Å². The van der Waals surface area contributed by atoms with E-state index in [4.69, 9.17) is 4.74 Å². The molecule has 0 amide bonds. The van der Waals surface area contributed by atoms with E-state index in [1.165, 1.54) is 27.8 Å². The summed E-state index contributed by atoms with van der Waals surface area (Å²) < 4.78 is 6.07. The summed E-state index contributed by atoms with van der Waals surface area (Å²) >= 11 is 0. The Morgan fingerprint density at radius 3 is 2.65 bits per heavy atom. The van der Waals surface area contributed by atoms with E-state index in [-0.39, 0.29) is 0 Å². The molecule has 2 aromatic rings. The van der Waals surface area contributed by atoms with Crippen molar-refractivity contribution in [1.29, 1.82) is 0 Å². The standard InChI is InChI=1S/C21H22O2/c1-14-4-5-19(15(2)10-14)13-23-21-12-18-7-6-17(8-9-22)20(18)11-16(21)3/h4-6,9-12H,7-8,13H2,1-3H3. The lowest BCUT2D eigenvalue weighted by molar-refractivity contribution is -0.107. The van der Waals surface area contributed by atoms with Gasteiger partial charge in [-0.15, -0.1) is 0 Å².